The highest BCUT2D eigenvalue weighted by Crippen LogP contribution is 2.46. The normalized spacial score (nSPS) is 20.4. The van der Waals surface area contributed by atoms with Crippen LogP contribution in [0.2, 0.25) is 0 Å². The maximum atomic E-state index is 6.06. The van der Waals surface area contributed by atoms with Gasteiger partial charge in [0.2, 0.25) is 0 Å². The molecule has 0 radical (unpaired) electrons. The van der Waals surface area contributed by atoms with E-state index in [2.05, 4.69) is 19.1 Å². The molecule has 0 aromatic heterocycles. The number of benzene rings is 1. The molecule has 1 fully saturated rings. The lowest BCUT2D eigenvalue weighted by Gasteiger charge is -2.40. The third-order valence-corrected chi connectivity index (χ3v) is 4.59. The molecule has 0 heterocycles. The van der Waals surface area contributed by atoms with Crippen molar-refractivity contribution in [1.82, 2.24) is 0 Å². The Balaban J connectivity index is 2.20. The van der Waals surface area contributed by atoms with Crippen LogP contribution in [-0.4, -0.2) is 13.7 Å². The molecule has 1 atom stereocenters. The fraction of sp³-hybridized carbons (Fsp3) is 0.625. The first-order valence-corrected chi connectivity index (χ1v) is 7.03. The van der Waals surface area contributed by atoms with E-state index in [1.165, 1.54) is 37.7 Å². The predicted molar refractivity (Wildman–Crippen MR) is 76.0 cm³/mol. The predicted octanol–water partition coefficient (Wildman–Crippen LogP) is 3.71. The second-order valence-electron chi connectivity index (χ2n) is 5.78. The van der Waals surface area contributed by atoms with Gasteiger partial charge in [0, 0.05) is 5.92 Å². The molecule has 2 nitrogen and oxygen atoms in total. The number of hydrogen-bond donors (Lipinski definition) is 1. The van der Waals surface area contributed by atoms with Crippen molar-refractivity contribution in [1.29, 1.82) is 0 Å². The second-order valence-corrected chi connectivity index (χ2v) is 5.78. The van der Waals surface area contributed by atoms with Crippen LogP contribution in [0.5, 0.6) is 5.75 Å². The van der Waals surface area contributed by atoms with Crippen molar-refractivity contribution in [3.05, 3.63) is 29.8 Å². The molecule has 0 spiro atoms. The van der Waals surface area contributed by atoms with Crippen LogP contribution < -0.4 is 10.5 Å². The zero-order chi connectivity index (χ0) is 13.0. The molecule has 1 unspecified atom stereocenters. The summed E-state index contributed by atoms with van der Waals surface area (Å²) in [6, 6.07) is 8.45. The molecule has 2 N–H and O–H groups in total. The van der Waals surface area contributed by atoms with E-state index >= 15 is 0 Å². The molecule has 100 valence electrons. The van der Waals surface area contributed by atoms with Gasteiger partial charge in [0.05, 0.1) is 7.11 Å². The highest BCUT2D eigenvalue weighted by molar-refractivity contribution is 5.30. The first kappa shape index (κ1) is 13.4. The summed E-state index contributed by atoms with van der Waals surface area (Å²) in [4.78, 5) is 0. The zero-order valence-corrected chi connectivity index (χ0v) is 11.6. The van der Waals surface area contributed by atoms with Gasteiger partial charge in [-0.25, -0.2) is 0 Å². The molecule has 2 rings (SSSR count). The highest BCUT2D eigenvalue weighted by Gasteiger charge is 2.35. The minimum Gasteiger partial charge on any atom is -0.497 e. The van der Waals surface area contributed by atoms with Gasteiger partial charge in [0.25, 0.3) is 0 Å². The van der Waals surface area contributed by atoms with Gasteiger partial charge < -0.3 is 10.5 Å². The largest absolute Gasteiger partial charge is 0.497 e. The smallest absolute Gasteiger partial charge is 0.118 e. The van der Waals surface area contributed by atoms with Crippen LogP contribution in [0.15, 0.2) is 24.3 Å². The number of methoxy groups -OCH3 is 1. The second kappa shape index (κ2) is 5.75. The Bertz CT molecular complexity index is 365. The van der Waals surface area contributed by atoms with Crippen molar-refractivity contribution < 1.29 is 4.74 Å². The van der Waals surface area contributed by atoms with Crippen molar-refractivity contribution >= 4 is 0 Å². The van der Waals surface area contributed by atoms with E-state index in [4.69, 9.17) is 10.5 Å². The van der Waals surface area contributed by atoms with Crippen LogP contribution in [0.3, 0.4) is 0 Å². The molecule has 0 aliphatic heterocycles. The summed E-state index contributed by atoms with van der Waals surface area (Å²) in [5.41, 5.74) is 7.80. The molecule has 1 aromatic carbocycles. The van der Waals surface area contributed by atoms with Gasteiger partial charge in [-0.15, -0.1) is 0 Å². The minimum atomic E-state index is 0.377. The Labute approximate surface area is 111 Å². The maximum Gasteiger partial charge on any atom is 0.118 e. The molecule has 1 aliphatic rings. The van der Waals surface area contributed by atoms with E-state index in [0.29, 0.717) is 11.3 Å². The minimum absolute atomic E-state index is 0.377. The standard InChI is InChI=1S/C16H25NO/c1-16(10-4-3-5-11-16)15(12-17)13-6-8-14(18-2)9-7-13/h6-9,15H,3-5,10-12,17H2,1-2H3. The van der Waals surface area contributed by atoms with Crippen molar-refractivity contribution in [2.24, 2.45) is 11.1 Å². The Morgan fingerprint density at radius 1 is 1.17 bits per heavy atom. The molecule has 1 aliphatic carbocycles. The third kappa shape index (κ3) is 2.69. The molecular formula is C16H25NO. The molecule has 0 saturated heterocycles. The summed E-state index contributed by atoms with van der Waals surface area (Å²) in [6.07, 6.45) is 6.70. The van der Waals surface area contributed by atoms with Crippen LogP contribution in [0.4, 0.5) is 0 Å². The maximum absolute atomic E-state index is 6.06. The first-order chi connectivity index (χ1) is 8.69. The van der Waals surface area contributed by atoms with Gasteiger partial charge >= 0.3 is 0 Å². The lowest BCUT2D eigenvalue weighted by Crippen LogP contribution is -2.33. The van der Waals surface area contributed by atoms with E-state index in [9.17, 15) is 0 Å². The lowest BCUT2D eigenvalue weighted by molar-refractivity contribution is 0.170. The summed E-state index contributed by atoms with van der Waals surface area (Å²) in [6.45, 7) is 3.15. The van der Waals surface area contributed by atoms with Gasteiger partial charge in [-0.3, -0.25) is 0 Å². The number of rotatable bonds is 4. The summed E-state index contributed by atoms with van der Waals surface area (Å²) in [7, 11) is 1.71. The molecule has 2 heteroatoms. The van der Waals surface area contributed by atoms with E-state index in [0.717, 1.165) is 12.3 Å². The fourth-order valence-electron chi connectivity index (χ4n) is 3.37. The monoisotopic (exact) mass is 247 g/mol. The number of nitrogens with two attached hydrogens (primary N) is 1. The number of hydrogen-bond acceptors (Lipinski definition) is 2. The van der Waals surface area contributed by atoms with Gasteiger partial charge in [0.15, 0.2) is 0 Å². The van der Waals surface area contributed by atoms with Crippen molar-refractivity contribution in [2.45, 2.75) is 44.9 Å². The quantitative estimate of drug-likeness (QED) is 0.880. The Hall–Kier alpha value is -1.02. The van der Waals surface area contributed by atoms with Crippen molar-refractivity contribution in [3.8, 4) is 5.75 Å². The van der Waals surface area contributed by atoms with Gasteiger partial charge in [-0.2, -0.15) is 0 Å². The van der Waals surface area contributed by atoms with E-state index in [-0.39, 0.29) is 0 Å². The summed E-state index contributed by atoms with van der Waals surface area (Å²) >= 11 is 0. The van der Waals surface area contributed by atoms with Crippen LogP contribution in [-0.2, 0) is 0 Å². The molecule has 18 heavy (non-hydrogen) atoms. The summed E-state index contributed by atoms with van der Waals surface area (Å²) < 4.78 is 5.22. The van der Waals surface area contributed by atoms with Gasteiger partial charge in [-0.1, -0.05) is 38.3 Å². The molecular weight excluding hydrogens is 222 g/mol. The fourth-order valence-corrected chi connectivity index (χ4v) is 3.37. The highest BCUT2D eigenvalue weighted by atomic mass is 16.5. The van der Waals surface area contributed by atoms with E-state index in [1.54, 1.807) is 7.11 Å². The van der Waals surface area contributed by atoms with Crippen LogP contribution in [0.25, 0.3) is 0 Å². The summed E-state index contributed by atoms with van der Waals surface area (Å²) in [5.74, 6) is 1.40. The van der Waals surface area contributed by atoms with E-state index in [1.807, 2.05) is 12.1 Å². The SMILES string of the molecule is COc1ccc(C(CN)C2(C)CCCCC2)cc1. The lowest BCUT2D eigenvalue weighted by atomic mass is 9.65. The Morgan fingerprint density at radius 2 is 1.78 bits per heavy atom. The number of ether oxygens (including phenoxy) is 1. The topological polar surface area (TPSA) is 35.2 Å². The average Bonchev–Trinajstić information content (AvgIpc) is 2.41. The van der Waals surface area contributed by atoms with Crippen LogP contribution in [0.1, 0.15) is 50.5 Å². The molecule has 1 aromatic rings. The Kier molecular flexibility index (Phi) is 4.28. The summed E-state index contributed by atoms with van der Waals surface area (Å²) in [5, 5.41) is 0. The van der Waals surface area contributed by atoms with Gasteiger partial charge in [0.1, 0.15) is 5.75 Å². The molecule has 0 bridgehead atoms. The third-order valence-electron chi connectivity index (χ3n) is 4.59. The molecule has 0 amide bonds. The van der Waals surface area contributed by atoms with Gasteiger partial charge in [-0.05, 0) is 42.5 Å². The van der Waals surface area contributed by atoms with E-state index < -0.39 is 0 Å². The van der Waals surface area contributed by atoms with Crippen LogP contribution >= 0.6 is 0 Å². The zero-order valence-electron chi connectivity index (χ0n) is 11.6. The van der Waals surface area contributed by atoms with Crippen LogP contribution in [0, 0.1) is 5.41 Å². The van der Waals surface area contributed by atoms with Crippen molar-refractivity contribution in [3.63, 3.8) is 0 Å². The molecule has 1 saturated carbocycles. The average molecular weight is 247 g/mol. The first-order valence-electron chi connectivity index (χ1n) is 7.03. The van der Waals surface area contributed by atoms with Crippen molar-refractivity contribution in [2.75, 3.05) is 13.7 Å². The Morgan fingerprint density at radius 3 is 2.28 bits per heavy atom.